The van der Waals surface area contributed by atoms with Crippen molar-refractivity contribution in [3.63, 3.8) is 0 Å². The number of rotatable bonds is 10. The first-order valence-electron chi connectivity index (χ1n) is 11.4. The lowest BCUT2D eigenvalue weighted by molar-refractivity contribution is -0.121. The molecule has 8 heteroatoms. The Morgan fingerprint density at radius 2 is 1.76 bits per heavy atom. The Hall–Kier alpha value is -2.42. The Morgan fingerprint density at radius 3 is 2.45 bits per heavy atom. The number of amides is 1. The van der Waals surface area contributed by atoms with Crippen LogP contribution < -0.4 is 9.62 Å². The third kappa shape index (κ3) is 7.28. The molecule has 2 aromatic rings. The SMILES string of the molecule is Cc1cccc(N(CCCC(=O)NCc2ccccc2CN2CCOCC2)S(C)(=O)=O)c1C. The number of nitrogens with zero attached hydrogens (tertiary/aromatic N) is 2. The second-order valence-electron chi connectivity index (χ2n) is 8.59. The van der Waals surface area contributed by atoms with Crippen molar-refractivity contribution in [3.8, 4) is 0 Å². The molecule has 0 radical (unpaired) electrons. The summed E-state index contributed by atoms with van der Waals surface area (Å²) in [6.45, 7) is 8.80. The van der Waals surface area contributed by atoms with Crippen LogP contribution in [0.25, 0.3) is 0 Å². The molecule has 0 aliphatic carbocycles. The molecule has 1 heterocycles. The van der Waals surface area contributed by atoms with E-state index in [2.05, 4.69) is 16.3 Å². The van der Waals surface area contributed by atoms with Gasteiger partial charge in [0.2, 0.25) is 15.9 Å². The molecule has 2 aromatic carbocycles. The first kappa shape index (κ1) is 25.2. The van der Waals surface area contributed by atoms with Gasteiger partial charge < -0.3 is 10.1 Å². The number of nitrogens with one attached hydrogen (secondary N) is 1. The van der Waals surface area contributed by atoms with Crippen LogP contribution in [0.2, 0.25) is 0 Å². The van der Waals surface area contributed by atoms with Crippen LogP contribution in [-0.4, -0.2) is 58.3 Å². The highest BCUT2D eigenvalue weighted by Crippen LogP contribution is 2.25. The number of carbonyl (C=O) groups excluding carboxylic acids is 1. The highest BCUT2D eigenvalue weighted by molar-refractivity contribution is 7.92. The van der Waals surface area contributed by atoms with Crippen molar-refractivity contribution in [1.82, 2.24) is 10.2 Å². The van der Waals surface area contributed by atoms with Crippen molar-refractivity contribution in [2.45, 2.75) is 39.8 Å². The van der Waals surface area contributed by atoms with Gasteiger partial charge in [0.05, 0.1) is 25.2 Å². The second-order valence-corrected chi connectivity index (χ2v) is 10.5. The van der Waals surface area contributed by atoms with Gasteiger partial charge in [0.15, 0.2) is 0 Å². The van der Waals surface area contributed by atoms with Gasteiger partial charge in [-0.25, -0.2) is 8.42 Å². The fourth-order valence-electron chi connectivity index (χ4n) is 4.02. The Labute approximate surface area is 197 Å². The lowest BCUT2D eigenvalue weighted by atomic mass is 10.1. The van der Waals surface area contributed by atoms with Crippen molar-refractivity contribution < 1.29 is 17.9 Å². The molecule has 33 heavy (non-hydrogen) atoms. The van der Waals surface area contributed by atoms with Gasteiger partial charge >= 0.3 is 0 Å². The lowest BCUT2D eigenvalue weighted by Gasteiger charge is -2.27. The number of ether oxygens (including phenoxy) is 1. The average Bonchev–Trinajstić information content (AvgIpc) is 2.78. The molecule has 1 saturated heterocycles. The predicted octanol–water partition coefficient (Wildman–Crippen LogP) is 3.00. The average molecular weight is 474 g/mol. The van der Waals surface area contributed by atoms with E-state index < -0.39 is 10.0 Å². The number of carbonyl (C=O) groups is 1. The topological polar surface area (TPSA) is 79.0 Å². The molecule has 180 valence electrons. The molecule has 1 aliphatic heterocycles. The van der Waals surface area contributed by atoms with Crippen LogP contribution in [0.3, 0.4) is 0 Å². The molecule has 0 bridgehead atoms. The van der Waals surface area contributed by atoms with E-state index in [1.807, 2.05) is 50.2 Å². The molecule has 0 aromatic heterocycles. The smallest absolute Gasteiger partial charge is 0.232 e. The minimum absolute atomic E-state index is 0.0782. The van der Waals surface area contributed by atoms with Crippen LogP contribution in [0.4, 0.5) is 5.69 Å². The molecule has 1 aliphatic rings. The van der Waals surface area contributed by atoms with E-state index in [4.69, 9.17) is 4.74 Å². The van der Waals surface area contributed by atoms with Gasteiger partial charge in [0.25, 0.3) is 0 Å². The van der Waals surface area contributed by atoms with Crippen LogP contribution in [-0.2, 0) is 32.6 Å². The van der Waals surface area contributed by atoms with Crippen molar-refractivity contribution in [3.05, 3.63) is 64.7 Å². The van der Waals surface area contributed by atoms with Crippen molar-refractivity contribution in [1.29, 1.82) is 0 Å². The fraction of sp³-hybridized carbons (Fsp3) is 0.480. The molecule has 0 spiro atoms. The maximum absolute atomic E-state index is 12.5. The summed E-state index contributed by atoms with van der Waals surface area (Å²) in [6.07, 6.45) is 1.92. The Kier molecular flexibility index (Phi) is 8.88. The third-order valence-electron chi connectivity index (χ3n) is 6.10. The minimum Gasteiger partial charge on any atom is -0.379 e. The Balaban J connectivity index is 1.53. The van der Waals surface area contributed by atoms with Gasteiger partial charge in [-0.1, -0.05) is 36.4 Å². The first-order chi connectivity index (χ1) is 15.8. The largest absolute Gasteiger partial charge is 0.379 e. The third-order valence-corrected chi connectivity index (χ3v) is 7.28. The lowest BCUT2D eigenvalue weighted by Crippen LogP contribution is -2.36. The van der Waals surface area contributed by atoms with E-state index in [-0.39, 0.29) is 18.9 Å². The van der Waals surface area contributed by atoms with Gasteiger partial charge in [-0.15, -0.1) is 0 Å². The molecule has 7 nitrogen and oxygen atoms in total. The highest BCUT2D eigenvalue weighted by Gasteiger charge is 2.20. The zero-order valence-electron chi connectivity index (χ0n) is 19.8. The predicted molar refractivity (Wildman–Crippen MR) is 132 cm³/mol. The van der Waals surface area contributed by atoms with Crippen LogP contribution >= 0.6 is 0 Å². The number of benzene rings is 2. The van der Waals surface area contributed by atoms with Gasteiger partial charge in [-0.05, 0) is 48.6 Å². The van der Waals surface area contributed by atoms with Crippen LogP contribution in [0, 0.1) is 13.8 Å². The van der Waals surface area contributed by atoms with Crippen LogP contribution in [0.1, 0.15) is 35.1 Å². The summed E-state index contributed by atoms with van der Waals surface area (Å²) in [6, 6.07) is 13.8. The summed E-state index contributed by atoms with van der Waals surface area (Å²) in [4.78, 5) is 14.9. The van der Waals surface area contributed by atoms with Crippen LogP contribution in [0.15, 0.2) is 42.5 Å². The van der Waals surface area contributed by atoms with Gasteiger partial charge in [-0.3, -0.25) is 14.0 Å². The number of sulfonamides is 1. The summed E-state index contributed by atoms with van der Waals surface area (Å²) in [5, 5.41) is 3.00. The number of morpholine rings is 1. The van der Waals surface area contributed by atoms with E-state index in [0.717, 1.165) is 49.5 Å². The monoisotopic (exact) mass is 473 g/mol. The van der Waals surface area contributed by atoms with E-state index in [1.165, 1.54) is 16.1 Å². The van der Waals surface area contributed by atoms with E-state index >= 15 is 0 Å². The summed E-state index contributed by atoms with van der Waals surface area (Å²) in [5.74, 6) is -0.0782. The molecule has 1 fully saturated rings. The molecule has 3 rings (SSSR count). The number of hydrogen-bond acceptors (Lipinski definition) is 5. The molecule has 0 atom stereocenters. The summed E-state index contributed by atoms with van der Waals surface area (Å²) >= 11 is 0. The second kappa shape index (κ2) is 11.6. The van der Waals surface area contributed by atoms with E-state index in [0.29, 0.717) is 18.7 Å². The number of aryl methyl sites for hydroxylation is 1. The maximum atomic E-state index is 12.5. The number of hydrogen-bond donors (Lipinski definition) is 1. The summed E-state index contributed by atoms with van der Waals surface area (Å²) in [5.41, 5.74) is 4.96. The molecular formula is C25H35N3O4S. The number of anilines is 1. The van der Waals surface area contributed by atoms with Crippen molar-refractivity contribution in [2.24, 2.45) is 0 Å². The summed E-state index contributed by atoms with van der Waals surface area (Å²) in [7, 11) is -3.44. The molecular weight excluding hydrogens is 438 g/mol. The molecule has 0 saturated carbocycles. The Bertz CT molecular complexity index is 1050. The van der Waals surface area contributed by atoms with Crippen molar-refractivity contribution >= 4 is 21.6 Å². The zero-order chi connectivity index (χ0) is 23.8. The zero-order valence-corrected chi connectivity index (χ0v) is 20.7. The normalized spacial score (nSPS) is 14.8. The van der Waals surface area contributed by atoms with Gasteiger partial charge in [0, 0.05) is 39.1 Å². The van der Waals surface area contributed by atoms with Crippen LogP contribution in [0.5, 0.6) is 0 Å². The van der Waals surface area contributed by atoms with E-state index in [1.54, 1.807) is 0 Å². The molecule has 1 amide bonds. The quantitative estimate of drug-likeness (QED) is 0.574. The highest BCUT2D eigenvalue weighted by atomic mass is 32.2. The summed E-state index contributed by atoms with van der Waals surface area (Å²) < 4.78 is 31.6. The Morgan fingerprint density at radius 1 is 1.06 bits per heavy atom. The first-order valence-corrected chi connectivity index (χ1v) is 13.3. The van der Waals surface area contributed by atoms with Gasteiger partial charge in [0.1, 0.15) is 0 Å². The molecule has 1 N–H and O–H groups in total. The maximum Gasteiger partial charge on any atom is 0.232 e. The van der Waals surface area contributed by atoms with Crippen molar-refractivity contribution in [2.75, 3.05) is 43.4 Å². The standard InChI is InChI=1S/C25H35N3O4S/c1-20-8-6-11-24(21(20)2)28(33(3,30)31)13-7-12-25(29)26-18-22-9-4-5-10-23(22)19-27-14-16-32-17-15-27/h4-6,8-11H,7,12-19H2,1-3H3,(H,26,29). The molecule has 0 unspecified atom stereocenters. The fourth-order valence-corrected chi connectivity index (χ4v) is 5.04. The minimum atomic E-state index is -3.44. The van der Waals surface area contributed by atoms with Gasteiger partial charge in [-0.2, -0.15) is 0 Å². The van der Waals surface area contributed by atoms with E-state index in [9.17, 15) is 13.2 Å².